The minimum atomic E-state index is -3.97. The number of amidine groups is 1. The zero-order valence-corrected chi connectivity index (χ0v) is 10.6. The summed E-state index contributed by atoms with van der Waals surface area (Å²) < 4.78 is 23.3. The molecule has 0 atom stereocenters. The fourth-order valence-electron chi connectivity index (χ4n) is 1.16. The molecule has 0 aliphatic rings. The first-order valence-corrected chi connectivity index (χ1v) is 6.50. The van der Waals surface area contributed by atoms with Crippen LogP contribution in [0, 0.1) is 0 Å². The van der Waals surface area contributed by atoms with Crippen LogP contribution in [0.4, 0.5) is 5.69 Å². The van der Waals surface area contributed by atoms with Crippen LogP contribution in [0.2, 0.25) is 0 Å². The predicted octanol–water partition coefficient (Wildman–Crippen LogP) is 0.261. The lowest BCUT2D eigenvalue weighted by molar-refractivity contribution is 0.359. The highest BCUT2D eigenvalue weighted by Gasteiger charge is 2.22. The Balaban J connectivity index is 3.33. The standard InChI is InChI=1S/C9H12ClN3O3S/c1-12-9(11)7-4-2-3-5-8(7)13(10)17(15,16)6-14/h2-5,14H,6H2,1H3,(H2,11,12). The third-order valence-electron chi connectivity index (χ3n) is 2.02. The van der Waals surface area contributed by atoms with Gasteiger partial charge in [0.1, 0.15) is 5.84 Å². The molecule has 0 bridgehead atoms. The van der Waals surface area contributed by atoms with Crippen molar-refractivity contribution >= 4 is 33.3 Å². The molecule has 1 aromatic rings. The summed E-state index contributed by atoms with van der Waals surface area (Å²) in [6, 6.07) is 6.32. The number of halogens is 1. The highest BCUT2D eigenvalue weighted by molar-refractivity contribution is 7.93. The molecule has 0 aliphatic carbocycles. The van der Waals surface area contributed by atoms with Gasteiger partial charge in [0.05, 0.1) is 5.69 Å². The van der Waals surface area contributed by atoms with Crippen LogP contribution in [0.25, 0.3) is 0 Å². The van der Waals surface area contributed by atoms with Crippen LogP contribution in [0.5, 0.6) is 0 Å². The van der Waals surface area contributed by atoms with Crippen LogP contribution in [0.15, 0.2) is 29.3 Å². The maximum Gasteiger partial charge on any atom is 0.272 e. The number of anilines is 1. The molecule has 0 unspecified atom stereocenters. The van der Waals surface area contributed by atoms with E-state index in [2.05, 4.69) is 4.99 Å². The van der Waals surface area contributed by atoms with Crippen molar-refractivity contribution in [1.29, 1.82) is 0 Å². The molecule has 1 rings (SSSR count). The van der Waals surface area contributed by atoms with Gasteiger partial charge < -0.3 is 10.8 Å². The molecule has 0 fully saturated rings. The van der Waals surface area contributed by atoms with E-state index in [4.69, 9.17) is 22.6 Å². The van der Waals surface area contributed by atoms with Crippen molar-refractivity contribution in [1.82, 2.24) is 0 Å². The second-order valence-electron chi connectivity index (χ2n) is 3.08. The quantitative estimate of drug-likeness (QED) is 0.469. The predicted molar refractivity (Wildman–Crippen MR) is 67.4 cm³/mol. The van der Waals surface area contributed by atoms with Crippen molar-refractivity contribution in [3.63, 3.8) is 0 Å². The monoisotopic (exact) mass is 277 g/mol. The Kier molecular flexibility index (Phi) is 4.33. The molecule has 6 nitrogen and oxygen atoms in total. The third-order valence-corrected chi connectivity index (χ3v) is 3.84. The Labute approximate surface area is 104 Å². The molecule has 3 N–H and O–H groups in total. The lowest BCUT2D eigenvalue weighted by atomic mass is 10.1. The van der Waals surface area contributed by atoms with Crippen LogP contribution in [-0.4, -0.2) is 32.3 Å². The molecule has 0 heterocycles. The van der Waals surface area contributed by atoms with Crippen molar-refractivity contribution in [3.05, 3.63) is 29.8 Å². The van der Waals surface area contributed by atoms with E-state index in [0.29, 0.717) is 9.39 Å². The van der Waals surface area contributed by atoms with Crippen LogP contribution < -0.4 is 9.56 Å². The number of rotatable bonds is 4. The van der Waals surface area contributed by atoms with E-state index in [0.717, 1.165) is 0 Å². The van der Waals surface area contributed by atoms with Crippen LogP contribution in [0.1, 0.15) is 5.56 Å². The fourth-order valence-corrected chi connectivity index (χ4v) is 2.00. The van der Waals surface area contributed by atoms with Gasteiger partial charge in [-0.3, -0.25) is 4.99 Å². The minimum absolute atomic E-state index is 0.145. The number of para-hydroxylation sites is 1. The lowest BCUT2D eigenvalue weighted by Gasteiger charge is -2.17. The van der Waals surface area contributed by atoms with E-state index in [9.17, 15) is 8.42 Å². The normalized spacial score (nSPS) is 12.5. The summed E-state index contributed by atoms with van der Waals surface area (Å²) >= 11 is 5.68. The molecular weight excluding hydrogens is 266 g/mol. The number of hydrogen-bond donors (Lipinski definition) is 2. The first kappa shape index (κ1) is 13.8. The lowest BCUT2D eigenvalue weighted by Crippen LogP contribution is -2.27. The second-order valence-corrected chi connectivity index (χ2v) is 5.41. The van der Waals surface area contributed by atoms with E-state index < -0.39 is 16.0 Å². The van der Waals surface area contributed by atoms with E-state index in [-0.39, 0.29) is 11.5 Å². The number of aliphatic imine (C=N–C) groups is 1. The summed E-state index contributed by atoms with van der Waals surface area (Å²) in [5.74, 6) is -0.937. The van der Waals surface area contributed by atoms with Crippen LogP contribution in [0.3, 0.4) is 0 Å². The molecule has 0 aromatic heterocycles. The van der Waals surface area contributed by atoms with Gasteiger partial charge in [0.25, 0.3) is 10.0 Å². The maximum absolute atomic E-state index is 11.4. The van der Waals surface area contributed by atoms with Gasteiger partial charge in [0.2, 0.25) is 0 Å². The number of nitrogens with two attached hydrogens (primary N) is 1. The number of aliphatic hydroxyl groups excluding tert-OH is 1. The molecule has 0 radical (unpaired) electrons. The average molecular weight is 278 g/mol. The summed E-state index contributed by atoms with van der Waals surface area (Å²) in [4.78, 5) is 3.76. The van der Waals surface area contributed by atoms with Gasteiger partial charge in [0.15, 0.2) is 5.94 Å². The van der Waals surface area contributed by atoms with E-state index in [1.165, 1.54) is 13.1 Å². The molecule has 0 aliphatic heterocycles. The van der Waals surface area contributed by atoms with Crippen molar-refractivity contribution < 1.29 is 13.5 Å². The van der Waals surface area contributed by atoms with Crippen LogP contribution >= 0.6 is 11.8 Å². The Morgan fingerprint density at radius 1 is 1.53 bits per heavy atom. The molecule has 0 saturated carbocycles. The molecule has 8 heteroatoms. The summed E-state index contributed by atoms with van der Waals surface area (Å²) in [5, 5.41) is 8.74. The highest BCUT2D eigenvalue weighted by atomic mass is 35.5. The Morgan fingerprint density at radius 2 is 2.12 bits per heavy atom. The number of hydrogen-bond acceptors (Lipinski definition) is 4. The molecule has 0 spiro atoms. The van der Waals surface area contributed by atoms with E-state index in [1.807, 2.05) is 0 Å². The van der Waals surface area contributed by atoms with Gasteiger partial charge in [-0.2, -0.15) is 3.82 Å². The van der Waals surface area contributed by atoms with Gasteiger partial charge in [-0.25, -0.2) is 8.42 Å². The van der Waals surface area contributed by atoms with Gasteiger partial charge in [-0.05, 0) is 12.1 Å². The zero-order valence-electron chi connectivity index (χ0n) is 9.04. The topological polar surface area (TPSA) is 96.0 Å². The molecule has 1 aromatic carbocycles. The summed E-state index contributed by atoms with van der Waals surface area (Å²) in [7, 11) is -2.49. The number of nitrogens with zero attached hydrogens (tertiary/aromatic N) is 2. The number of aliphatic hydroxyl groups is 1. The summed E-state index contributed by atoms with van der Waals surface area (Å²) in [5.41, 5.74) is 6.15. The average Bonchev–Trinajstić information content (AvgIpc) is 2.36. The van der Waals surface area contributed by atoms with Crippen molar-refractivity contribution in [3.8, 4) is 0 Å². The van der Waals surface area contributed by atoms with Gasteiger partial charge in [-0.15, -0.1) is 0 Å². The largest absolute Gasteiger partial charge is 0.383 e. The van der Waals surface area contributed by atoms with Crippen LogP contribution in [-0.2, 0) is 10.0 Å². The molecule has 0 amide bonds. The second kappa shape index (κ2) is 5.35. The van der Waals surface area contributed by atoms with Crippen molar-refractivity contribution in [2.75, 3.05) is 16.8 Å². The van der Waals surface area contributed by atoms with E-state index >= 15 is 0 Å². The van der Waals surface area contributed by atoms with Gasteiger partial charge >= 0.3 is 0 Å². The third kappa shape index (κ3) is 2.87. The minimum Gasteiger partial charge on any atom is -0.383 e. The Bertz CT molecular complexity index is 530. The van der Waals surface area contributed by atoms with Crippen molar-refractivity contribution in [2.24, 2.45) is 10.7 Å². The number of benzene rings is 1. The fraction of sp³-hybridized carbons (Fsp3) is 0.222. The Hall–Kier alpha value is -1.31. The first-order valence-electron chi connectivity index (χ1n) is 4.55. The summed E-state index contributed by atoms with van der Waals surface area (Å²) in [6.07, 6.45) is 0. The summed E-state index contributed by atoms with van der Waals surface area (Å²) in [6.45, 7) is 0. The number of sulfonamides is 1. The van der Waals surface area contributed by atoms with Gasteiger partial charge in [0, 0.05) is 24.4 Å². The smallest absolute Gasteiger partial charge is 0.272 e. The van der Waals surface area contributed by atoms with Gasteiger partial charge in [-0.1, -0.05) is 12.1 Å². The zero-order chi connectivity index (χ0) is 13.1. The SMILES string of the molecule is CN=C(N)c1ccccc1N(Cl)S(=O)(=O)CO. The highest BCUT2D eigenvalue weighted by Crippen LogP contribution is 2.25. The Morgan fingerprint density at radius 3 is 2.65 bits per heavy atom. The van der Waals surface area contributed by atoms with E-state index in [1.54, 1.807) is 18.2 Å². The maximum atomic E-state index is 11.4. The molecule has 17 heavy (non-hydrogen) atoms. The molecular formula is C9H12ClN3O3S. The van der Waals surface area contributed by atoms with Crippen molar-refractivity contribution in [2.45, 2.75) is 0 Å². The first-order chi connectivity index (χ1) is 7.94. The molecule has 94 valence electrons. The molecule has 0 saturated heterocycles.